The van der Waals surface area contributed by atoms with Crippen LogP contribution in [0.3, 0.4) is 0 Å². The number of nitrogens with zero attached hydrogens (tertiary/aromatic N) is 1. The molecule has 0 saturated carbocycles. The van der Waals surface area contributed by atoms with Crippen LogP contribution in [0.2, 0.25) is 0 Å². The van der Waals surface area contributed by atoms with Crippen LogP contribution in [0.25, 0.3) is 0 Å². The number of hydrogen-bond acceptors (Lipinski definition) is 2. The Labute approximate surface area is 83.0 Å². The molecule has 0 amide bonds. The minimum Gasteiger partial charge on any atom is -0.312 e. The van der Waals surface area contributed by atoms with Gasteiger partial charge in [-0.3, -0.25) is 4.90 Å². The third kappa shape index (κ3) is 6.79. The third-order valence-electron chi connectivity index (χ3n) is 2.11. The van der Waals surface area contributed by atoms with Crippen molar-refractivity contribution in [1.29, 1.82) is 0 Å². The van der Waals surface area contributed by atoms with Crippen molar-refractivity contribution in [2.45, 2.75) is 33.2 Å². The fraction of sp³-hybridized carbons (Fsp3) is 0.818. The van der Waals surface area contributed by atoms with E-state index >= 15 is 0 Å². The quantitative estimate of drug-likeness (QED) is 0.458. The molecule has 2 heteroatoms. The predicted molar refractivity (Wildman–Crippen MR) is 60.1 cm³/mol. The lowest BCUT2D eigenvalue weighted by Crippen LogP contribution is -2.37. The summed E-state index contributed by atoms with van der Waals surface area (Å²) in [4.78, 5) is 2.50. The van der Waals surface area contributed by atoms with E-state index in [4.69, 9.17) is 0 Å². The van der Waals surface area contributed by atoms with Crippen molar-refractivity contribution < 1.29 is 0 Å². The maximum atomic E-state index is 3.67. The van der Waals surface area contributed by atoms with Crippen LogP contribution in [0.15, 0.2) is 12.7 Å². The van der Waals surface area contributed by atoms with Crippen molar-refractivity contribution in [3.8, 4) is 0 Å². The first-order valence-electron chi connectivity index (χ1n) is 5.28. The highest BCUT2D eigenvalue weighted by molar-refractivity contribution is 4.71. The summed E-state index contributed by atoms with van der Waals surface area (Å²) < 4.78 is 0. The van der Waals surface area contributed by atoms with Gasteiger partial charge in [0.2, 0.25) is 0 Å². The molecule has 0 aromatic rings. The van der Waals surface area contributed by atoms with Gasteiger partial charge in [-0.15, -0.1) is 6.58 Å². The molecular weight excluding hydrogens is 160 g/mol. The minimum atomic E-state index is 0.658. The molecule has 78 valence electrons. The van der Waals surface area contributed by atoms with Crippen LogP contribution in [-0.2, 0) is 0 Å². The summed E-state index contributed by atoms with van der Waals surface area (Å²) in [6, 6.07) is 0.658. The Bertz CT molecular complexity index is 121. The number of nitrogens with one attached hydrogen (secondary N) is 1. The second-order valence-electron chi connectivity index (χ2n) is 3.62. The maximum Gasteiger partial charge on any atom is 0.0132 e. The fourth-order valence-corrected chi connectivity index (χ4v) is 1.34. The number of hydrogen-bond donors (Lipinski definition) is 1. The standard InChI is InChI=1S/C11H24N2/c1-5-7-12-8-10-13(9-6-2)11(3)4/h5,11-12H,1,6-10H2,2-4H3. The van der Waals surface area contributed by atoms with Crippen LogP contribution < -0.4 is 5.32 Å². The van der Waals surface area contributed by atoms with Gasteiger partial charge in [-0.2, -0.15) is 0 Å². The average Bonchev–Trinajstić information content (AvgIpc) is 2.10. The third-order valence-corrected chi connectivity index (χ3v) is 2.11. The molecule has 0 heterocycles. The Kier molecular flexibility index (Phi) is 8.05. The van der Waals surface area contributed by atoms with E-state index in [2.05, 4.69) is 37.6 Å². The molecule has 1 N–H and O–H groups in total. The summed E-state index contributed by atoms with van der Waals surface area (Å²) in [7, 11) is 0. The van der Waals surface area contributed by atoms with E-state index in [1.54, 1.807) is 0 Å². The van der Waals surface area contributed by atoms with Crippen LogP contribution in [0.4, 0.5) is 0 Å². The Balaban J connectivity index is 3.50. The van der Waals surface area contributed by atoms with Crippen molar-refractivity contribution >= 4 is 0 Å². The summed E-state index contributed by atoms with van der Waals surface area (Å²) in [5, 5.41) is 3.32. The molecule has 0 aliphatic carbocycles. The summed E-state index contributed by atoms with van der Waals surface area (Å²) in [5.74, 6) is 0. The largest absolute Gasteiger partial charge is 0.312 e. The van der Waals surface area contributed by atoms with Crippen LogP contribution in [0.5, 0.6) is 0 Å². The van der Waals surface area contributed by atoms with Crippen molar-refractivity contribution in [2.24, 2.45) is 0 Å². The first kappa shape index (κ1) is 12.7. The zero-order valence-corrected chi connectivity index (χ0v) is 9.34. The van der Waals surface area contributed by atoms with Crippen molar-refractivity contribution in [3.05, 3.63) is 12.7 Å². The van der Waals surface area contributed by atoms with Gasteiger partial charge in [0.25, 0.3) is 0 Å². The molecule has 0 rings (SSSR count). The Morgan fingerprint density at radius 2 is 2.08 bits per heavy atom. The SMILES string of the molecule is C=CCNCCN(CCC)C(C)C. The van der Waals surface area contributed by atoms with Gasteiger partial charge in [-0.05, 0) is 26.8 Å². The van der Waals surface area contributed by atoms with E-state index in [1.807, 2.05) is 6.08 Å². The van der Waals surface area contributed by atoms with Crippen molar-refractivity contribution in [2.75, 3.05) is 26.2 Å². The molecule has 0 fully saturated rings. The van der Waals surface area contributed by atoms with Crippen LogP contribution in [0.1, 0.15) is 27.2 Å². The van der Waals surface area contributed by atoms with E-state index in [9.17, 15) is 0 Å². The topological polar surface area (TPSA) is 15.3 Å². The monoisotopic (exact) mass is 184 g/mol. The lowest BCUT2D eigenvalue weighted by molar-refractivity contribution is 0.223. The molecule has 0 radical (unpaired) electrons. The number of rotatable bonds is 8. The zero-order chi connectivity index (χ0) is 10.1. The van der Waals surface area contributed by atoms with Crippen molar-refractivity contribution in [3.63, 3.8) is 0 Å². The van der Waals surface area contributed by atoms with E-state index in [-0.39, 0.29) is 0 Å². The normalized spacial score (nSPS) is 11.2. The van der Waals surface area contributed by atoms with Crippen molar-refractivity contribution in [1.82, 2.24) is 10.2 Å². The van der Waals surface area contributed by atoms with E-state index in [1.165, 1.54) is 13.0 Å². The van der Waals surface area contributed by atoms with E-state index in [0.717, 1.165) is 19.6 Å². The second kappa shape index (κ2) is 8.27. The molecule has 0 bridgehead atoms. The maximum absolute atomic E-state index is 3.67. The molecule has 0 aromatic carbocycles. The molecule has 2 nitrogen and oxygen atoms in total. The van der Waals surface area contributed by atoms with Crippen LogP contribution >= 0.6 is 0 Å². The highest BCUT2D eigenvalue weighted by atomic mass is 15.2. The van der Waals surface area contributed by atoms with E-state index < -0.39 is 0 Å². The summed E-state index contributed by atoms with van der Waals surface area (Å²) in [6.07, 6.45) is 3.14. The Hall–Kier alpha value is -0.340. The Morgan fingerprint density at radius 3 is 2.54 bits per heavy atom. The van der Waals surface area contributed by atoms with Gasteiger partial charge >= 0.3 is 0 Å². The van der Waals surface area contributed by atoms with Gasteiger partial charge in [0.15, 0.2) is 0 Å². The molecular formula is C11H24N2. The lowest BCUT2D eigenvalue weighted by Gasteiger charge is -2.25. The van der Waals surface area contributed by atoms with Gasteiger partial charge in [0.1, 0.15) is 0 Å². The van der Waals surface area contributed by atoms with Gasteiger partial charge in [-0.25, -0.2) is 0 Å². The molecule has 0 saturated heterocycles. The second-order valence-corrected chi connectivity index (χ2v) is 3.62. The molecule has 0 spiro atoms. The Morgan fingerprint density at radius 1 is 1.38 bits per heavy atom. The van der Waals surface area contributed by atoms with Gasteiger partial charge in [-0.1, -0.05) is 13.0 Å². The highest BCUT2D eigenvalue weighted by Gasteiger charge is 2.06. The summed E-state index contributed by atoms with van der Waals surface area (Å²) in [6.45, 7) is 14.7. The summed E-state index contributed by atoms with van der Waals surface area (Å²) >= 11 is 0. The molecule has 0 aliphatic heterocycles. The highest BCUT2D eigenvalue weighted by Crippen LogP contribution is 1.97. The molecule has 0 aromatic heterocycles. The van der Waals surface area contributed by atoms with Crippen LogP contribution in [0, 0.1) is 0 Å². The van der Waals surface area contributed by atoms with Gasteiger partial charge < -0.3 is 5.32 Å². The molecule has 0 aliphatic rings. The zero-order valence-electron chi connectivity index (χ0n) is 9.34. The van der Waals surface area contributed by atoms with Gasteiger partial charge in [0.05, 0.1) is 0 Å². The molecule has 0 atom stereocenters. The van der Waals surface area contributed by atoms with Crippen LogP contribution in [-0.4, -0.2) is 37.1 Å². The molecule has 13 heavy (non-hydrogen) atoms. The predicted octanol–water partition coefficient (Wildman–Crippen LogP) is 1.88. The van der Waals surface area contributed by atoms with Gasteiger partial charge in [0, 0.05) is 25.7 Å². The minimum absolute atomic E-state index is 0.658. The fourth-order valence-electron chi connectivity index (χ4n) is 1.34. The molecule has 0 unspecified atom stereocenters. The first-order chi connectivity index (χ1) is 6.22. The smallest absolute Gasteiger partial charge is 0.0132 e. The summed E-state index contributed by atoms with van der Waals surface area (Å²) in [5.41, 5.74) is 0. The lowest BCUT2D eigenvalue weighted by atomic mass is 10.3. The average molecular weight is 184 g/mol. The first-order valence-corrected chi connectivity index (χ1v) is 5.28. The van der Waals surface area contributed by atoms with E-state index in [0.29, 0.717) is 6.04 Å².